The molecule has 1 saturated carbocycles. The van der Waals surface area contributed by atoms with Crippen LogP contribution in [0, 0.1) is 0 Å². The lowest BCUT2D eigenvalue weighted by molar-refractivity contribution is 0.421. The SMILES string of the molecule is NNC(Cc1ccc(Cl)cc1Cl)C1(c2ccccc2)CC1. The lowest BCUT2D eigenvalue weighted by Crippen LogP contribution is -2.45. The number of rotatable bonds is 5. The lowest BCUT2D eigenvalue weighted by atomic mass is 9.85. The minimum atomic E-state index is 0.124. The molecule has 0 aromatic heterocycles. The van der Waals surface area contributed by atoms with E-state index in [-0.39, 0.29) is 11.5 Å². The number of nitrogens with two attached hydrogens (primary N) is 1. The van der Waals surface area contributed by atoms with Crippen molar-refractivity contribution in [2.45, 2.75) is 30.7 Å². The predicted molar refractivity (Wildman–Crippen MR) is 88.6 cm³/mol. The fourth-order valence-corrected chi connectivity index (χ4v) is 3.55. The van der Waals surface area contributed by atoms with Gasteiger partial charge in [-0.15, -0.1) is 0 Å². The van der Waals surface area contributed by atoms with Crippen molar-refractivity contribution in [3.63, 3.8) is 0 Å². The molecule has 110 valence electrons. The van der Waals surface area contributed by atoms with Crippen molar-refractivity contribution < 1.29 is 0 Å². The highest BCUT2D eigenvalue weighted by Gasteiger charge is 2.50. The van der Waals surface area contributed by atoms with E-state index in [1.165, 1.54) is 5.56 Å². The van der Waals surface area contributed by atoms with E-state index in [4.69, 9.17) is 29.0 Å². The van der Waals surface area contributed by atoms with Crippen LogP contribution >= 0.6 is 23.2 Å². The van der Waals surface area contributed by atoms with E-state index in [2.05, 4.69) is 29.7 Å². The minimum absolute atomic E-state index is 0.124. The summed E-state index contributed by atoms with van der Waals surface area (Å²) in [7, 11) is 0. The summed E-state index contributed by atoms with van der Waals surface area (Å²) < 4.78 is 0. The second-order valence-corrected chi connectivity index (χ2v) is 6.52. The number of nitrogens with one attached hydrogen (secondary N) is 1. The molecule has 2 nitrogen and oxygen atoms in total. The highest BCUT2D eigenvalue weighted by atomic mass is 35.5. The summed E-state index contributed by atoms with van der Waals surface area (Å²) in [6, 6.07) is 16.4. The first-order chi connectivity index (χ1) is 10.2. The van der Waals surface area contributed by atoms with Crippen molar-refractivity contribution in [2.24, 2.45) is 5.84 Å². The van der Waals surface area contributed by atoms with Crippen LogP contribution in [-0.2, 0) is 11.8 Å². The number of hydrogen-bond acceptors (Lipinski definition) is 2. The van der Waals surface area contributed by atoms with Gasteiger partial charge in [-0.3, -0.25) is 11.3 Å². The standard InChI is InChI=1S/C17H18Cl2N2/c18-14-7-6-12(15(19)11-14)10-16(21-20)17(8-9-17)13-4-2-1-3-5-13/h1-7,11,16,21H,8-10,20H2. The van der Waals surface area contributed by atoms with Crippen LogP contribution in [0.25, 0.3) is 0 Å². The van der Waals surface area contributed by atoms with Crippen LogP contribution in [-0.4, -0.2) is 6.04 Å². The first-order valence-electron chi connectivity index (χ1n) is 7.11. The number of benzene rings is 2. The van der Waals surface area contributed by atoms with E-state index in [1.54, 1.807) is 6.07 Å². The largest absolute Gasteiger partial charge is 0.271 e. The molecule has 4 heteroatoms. The van der Waals surface area contributed by atoms with Gasteiger partial charge in [0.1, 0.15) is 0 Å². The molecular formula is C17H18Cl2N2. The maximum atomic E-state index is 6.29. The Hall–Kier alpha value is -1.06. The summed E-state index contributed by atoms with van der Waals surface area (Å²) in [5, 5.41) is 1.36. The van der Waals surface area contributed by atoms with Gasteiger partial charge in [0.05, 0.1) is 0 Å². The van der Waals surface area contributed by atoms with Crippen molar-refractivity contribution in [3.8, 4) is 0 Å². The molecule has 0 radical (unpaired) electrons. The molecule has 2 aromatic rings. The van der Waals surface area contributed by atoms with Gasteiger partial charge in [-0.1, -0.05) is 59.6 Å². The molecule has 3 rings (SSSR count). The van der Waals surface area contributed by atoms with E-state index in [9.17, 15) is 0 Å². The Morgan fingerprint density at radius 3 is 2.38 bits per heavy atom. The van der Waals surface area contributed by atoms with E-state index >= 15 is 0 Å². The molecule has 1 atom stereocenters. The van der Waals surface area contributed by atoms with Gasteiger partial charge in [0.2, 0.25) is 0 Å². The Morgan fingerprint density at radius 1 is 1.10 bits per heavy atom. The summed E-state index contributed by atoms with van der Waals surface area (Å²) in [6.45, 7) is 0. The van der Waals surface area contributed by atoms with Crippen LogP contribution < -0.4 is 11.3 Å². The highest BCUT2D eigenvalue weighted by molar-refractivity contribution is 6.35. The molecule has 0 saturated heterocycles. The Bertz CT molecular complexity index is 624. The third-order valence-corrected chi connectivity index (χ3v) is 5.03. The van der Waals surface area contributed by atoms with Gasteiger partial charge in [-0.05, 0) is 42.5 Å². The van der Waals surface area contributed by atoms with Crippen LogP contribution in [0.2, 0.25) is 10.0 Å². The van der Waals surface area contributed by atoms with Gasteiger partial charge < -0.3 is 0 Å². The Kier molecular flexibility index (Phi) is 4.23. The summed E-state index contributed by atoms with van der Waals surface area (Å²) >= 11 is 12.3. The summed E-state index contributed by atoms with van der Waals surface area (Å²) in [6.07, 6.45) is 3.09. The van der Waals surface area contributed by atoms with Crippen LogP contribution in [0.4, 0.5) is 0 Å². The maximum absolute atomic E-state index is 6.29. The molecule has 0 amide bonds. The topological polar surface area (TPSA) is 38.0 Å². The van der Waals surface area contributed by atoms with Gasteiger partial charge in [-0.2, -0.15) is 0 Å². The van der Waals surface area contributed by atoms with Crippen molar-refractivity contribution in [1.82, 2.24) is 5.43 Å². The quantitative estimate of drug-likeness (QED) is 0.643. The minimum Gasteiger partial charge on any atom is -0.271 e. The van der Waals surface area contributed by atoms with Gasteiger partial charge in [0.25, 0.3) is 0 Å². The molecule has 0 heterocycles. The molecule has 21 heavy (non-hydrogen) atoms. The maximum Gasteiger partial charge on any atom is 0.0453 e. The number of halogens is 2. The summed E-state index contributed by atoms with van der Waals surface area (Å²) in [5.74, 6) is 5.84. The fraction of sp³-hybridized carbons (Fsp3) is 0.294. The highest BCUT2D eigenvalue weighted by Crippen LogP contribution is 2.51. The van der Waals surface area contributed by atoms with Crippen molar-refractivity contribution in [1.29, 1.82) is 0 Å². The predicted octanol–water partition coefficient (Wildman–Crippen LogP) is 4.10. The molecule has 0 aliphatic heterocycles. The number of hydrazine groups is 1. The molecule has 0 spiro atoms. The normalized spacial score (nSPS) is 17.5. The van der Waals surface area contributed by atoms with Crippen LogP contribution in [0.15, 0.2) is 48.5 Å². The second kappa shape index (κ2) is 5.98. The van der Waals surface area contributed by atoms with Crippen LogP contribution in [0.1, 0.15) is 24.0 Å². The van der Waals surface area contributed by atoms with Gasteiger partial charge >= 0.3 is 0 Å². The Balaban J connectivity index is 1.86. The summed E-state index contributed by atoms with van der Waals surface area (Å²) in [4.78, 5) is 0. The third kappa shape index (κ3) is 2.95. The fourth-order valence-electron chi connectivity index (χ4n) is 3.06. The smallest absolute Gasteiger partial charge is 0.0453 e. The second-order valence-electron chi connectivity index (χ2n) is 5.68. The van der Waals surface area contributed by atoms with E-state index in [0.717, 1.165) is 24.8 Å². The average molecular weight is 321 g/mol. The molecule has 1 unspecified atom stereocenters. The molecule has 0 bridgehead atoms. The van der Waals surface area contributed by atoms with Crippen molar-refractivity contribution >= 4 is 23.2 Å². The van der Waals surface area contributed by atoms with Gasteiger partial charge in [0.15, 0.2) is 0 Å². The zero-order valence-corrected chi connectivity index (χ0v) is 13.2. The third-order valence-electron chi connectivity index (χ3n) is 4.44. The Labute approximate surface area is 135 Å². The molecule has 2 aromatic carbocycles. The van der Waals surface area contributed by atoms with Crippen LogP contribution in [0.3, 0.4) is 0 Å². The van der Waals surface area contributed by atoms with Crippen molar-refractivity contribution in [3.05, 3.63) is 69.7 Å². The van der Waals surface area contributed by atoms with E-state index in [1.807, 2.05) is 18.2 Å². The van der Waals surface area contributed by atoms with Crippen molar-refractivity contribution in [2.75, 3.05) is 0 Å². The van der Waals surface area contributed by atoms with E-state index < -0.39 is 0 Å². The van der Waals surface area contributed by atoms with Gasteiger partial charge in [-0.25, -0.2) is 0 Å². The summed E-state index contributed by atoms with van der Waals surface area (Å²) in [5.41, 5.74) is 5.55. The lowest BCUT2D eigenvalue weighted by Gasteiger charge is -2.27. The molecule has 1 aliphatic carbocycles. The average Bonchev–Trinajstić information content (AvgIpc) is 3.29. The molecule has 1 aliphatic rings. The zero-order valence-electron chi connectivity index (χ0n) is 11.7. The zero-order chi connectivity index (χ0) is 14.9. The van der Waals surface area contributed by atoms with Gasteiger partial charge in [0, 0.05) is 21.5 Å². The Morgan fingerprint density at radius 2 is 1.81 bits per heavy atom. The monoisotopic (exact) mass is 320 g/mol. The van der Waals surface area contributed by atoms with E-state index in [0.29, 0.717) is 10.0 Å². The molecule has 3 N–H and O–H groups in total. The molecule has 1 fully saturated rings. The number of hydrogen-bond donors (Lipinski definition) is 2. The molecular weight excluding hydrogens is 303 g/mol. The first-order valence-corrected chi connectivity index (χ1v) is 7.87. The van der Waals surface area contributed by atoms with Crippen LogP contribution in [0.5, 0.6) is 0 Å². The first kappa shape index (κ1) is 14.9.